The lowest BCUT2D eigenvalue weighted by Crippen LogP contribution is -2.39. The molecule has 1 fully saturated rings. The van der Waals surface area contributed by atoms with Crippen molar-refractivity contribution in [1.82, 2.24) is 10.0 Å². The molecule has 0 aromatic rings. The van der Waals surface area contributed by atoms with Crippen LogP contribution in [-0.2, 0) is 10.0 Å². The molecule has 0 atom stereocenters. The third-order valence-corrected chi connectivity index (χ3v) is 5.64. The molecule has 8 heteroatoms. The molecule has 24 heavy (non-hydrogen) atoms. The molecule has 0 bridgehead atoms. The Labute approximate surface area is 164 Å². The summed E-state index contributed by atoms with van der Waals surface area (Å²) in [5, 5.41) is 2.87. The lowest BCUT2D eigenvalue weighted by molar-refractivity contribution is 0.316. The highest BCUT2D eigenvalue weighted by molar-refractivity contribution is 14.0. The van der Waals surface area contributed by atoms with Crippen LogP contribution in [0.15, 0.2) is 4.99 Å². The molecule has 144 valence electrons. The first kappa shape index (κ1) is 23.9. The zero-order valence-electron chi connectivity index (χ0n) is 14.9. The fraction of sp³-hybridized carbons (Fsp3) is 0.938. The summed E-state index contributed by atoms with van der Waals surface area (Å²) in [4.78, 5) is 4.23. The fourth-order valence-corrected chi connectivity index (χ4v) is 3.48. The number of aliphatic imine (C=N–C) groups is 1. The predicted molar refractivity (Wildman–Crippen MR) is 112 cm³/mol. The Kier molecular flexibility index (Phi) is 14.1. The first-order chi connectivity index (χ1) is 11.0. The number of hydrogen-bond acceptors (Lipinski definition) is 3. The van der Waals surface area contributed by atoms with Gasteiger partial charge in [-0.3, -0.25) is 4.99 Å². The van der Waals surface area contributed by atoms with Gasteiger partial charge in [0, 0.05) is 19.6 Å². The molecule has 0 aromatic carbocycles. The van der Waals surface area contributed by atoms with Crippen molar-refractivity contribution in [1.29, 1.82) is 0 Å². The summed E-state index contributed by atoms with van der Waals surface area (Å²) in [6, 6.07) is 0. The van der Waals surface area contributed by atoms with Crippen LogP contribution in [0.1, 0.15) is 64.7 Å². The number of sulfonamides is 1. The van der Waals surface area contributed by atoms with Gasteiger partial charge in [0.1, 0.15) is 0 Å². The van der Waals surface area contributed by atoms with Crippen LogP contribution < -0.4 is 15.8 Å². The number of rotatable bonds is 13. The van der Waals surface area contributed by atoms with E-state index in [4.69, 9.17) is 5.73 Å². The summed E-state index contributed by atoms with van der Waals surface area (Å²) in [6.45, 7) is 3.78. The monoisotopic (exact) mass is 474 g/mol. The molecule has 0 amide bonds. The molecule has 4 N–H and O–H groups in total. The Morgan fingerprint density at radius 3 is 2.46 bits per heavy atom. The first-order valence-corrected chi connectivity index (χ1v) is 10.7. The third kappa shape index (κ3) is 12.3. The van der Waals surface area contributed by atoms with E-state index in [0.717, 1.165) is 19.3 Å². The summed E-state index contributed by atoms with van der Waals surface area (Å²) in [7, 11) is -3.21. The summed E-state index contributed by atoms with van der Waals surface area (Å²) in [5.74, 6) is 0.905. The summed E-state index contributed by atoms with van der Waals surface area (Å²) in [6.07, 6.45) is 10.8. The van der Waals surface area contributed by atoms with E-state index in [0.29, 0.717) is 31.5 Å². The largest absolute Gasteiger partial charge is 0.370 e. The SMILES string of the molecule is CCCCCCCCN=C(N)NCCS(=O)(=O)NCC1CCC1.I. The van der Waals surface area contributed by atoms with E-state index in [1.807, 2.05) is 0 Å². The maximum atomic E-state index is 11.8. The summed E-state index contributed by atoms with van der Waals surface area (Å²) < 4.78 is 26.3. The minimum atomic E-state index is -3.21. The van der Waals surface area contributed by atoms with Gasteiger partial charge in [0.2, 0.25) is 10.0 Å². The number of hydrogen-bond donors (Lipinski definition) is 3. The highest BCUT2D eigenvalue weighted by atomic mass is 127. The second-order valence-corrected chi connectivity index (χ2v) is 8.35. The van der Waals surface area contributed by atoms with Gasteiger partial charge in [0.05, 0.1) is 5.75 Å². The van der Waals surface area contributed by atoms with Crippen molar-refractivity contribution in [3.63, 3.8) is 0 Å². The van der Waals surface area contributed by atoms with Crippen LogP contribution in [0.2, 0.25) is 0 Å². The van der Waals surface area contributed by atoms with Crippen LogP contribution in [0, 0.1) is 5.92 Å². The van der Waals surface area contributed by atoms with Crippen LogP contribution >= 0.6 is 24.0 Å². The molecule has 6 nitrogen and oxygen atoms in total. The van der Waals surface area contributed by atoms with Crippen molar-refractivity contribution in [2.24, 2.45) is 16.6 Å². The Balaban J connectivity index is 0.00000529. The average molecular weight is 474 g/mol. The van der Waals surface area contributed by atoms with Crippen LogP contribution in [0.3, 0.4) is 0 Å². The highest BCUT2D eigenvalue weighted by Crippen LogP contribution is 2.25. The van der Waals surface area contributed by atoms with E-state index in [1.54, 1.807) is 0 Å². The molecule has 1 aliphatic carbocycles. The van der Waals surface area contributed by atoms with Crippen molar-refractivity contribution < 1.29 is 8.42 Å². The maximum Gasteiger partial charge on any atom is 0.213 e. The van der Waals surface area contributed by atoms with Crippen molar-refractivity contribution in [3.8, 4) is 0 Å². The van der Waals surface area contributed by atoms with Gasteiger partial charge in [0.15, 0.2) is 5.96 Å². The Hall–Kier alpha value is -0.0900. The van der Waals surface area contributed by atoms with Crippen LogP contribution in [-0.4, -0.2) is 39.8 Å². The Morgan fingerprint density at radius 1 is 1.17 bits per heavy atom. The minimum Gasteiger partial charge on any atom is -0.370 e. The molecule has 0 unspecified atom stereocenters. The topological polar surface area (TPSA) is 96.6 Å². The molecule has 0 aromatic heterocycles. The lowest BCUT2D eigenvalue weighted by atomic mass is 9.86. The highest BCUT2D eigenvalue weighted by Gasteiger charge is 2.19. The van der Waals surface area contributed by atoms with E-state index in [-0.39, 0.29) is 29.7 Å². The van der Waals surface area contributed by atoms with Crippen molar-refractivity contribution in [2.75, 3.05) is 25.4 Å². The third-order valence-electron chi connectivity index (χ3n) is 4.29. The van der Waals surface area contributed by atoms with Crippen LogP contribution in [0.4, 0.5) is 0 Å². The molecule has 1 aliphatic rings. The molecule has 0 aliphatic heterocycles. The molecule has 1 saturated carbocycles. The molecule has 0 saturated heterocycles. The molecule has 0 spiro atoms. The number of guanidine groups is 1. The van der Waals surface area contributed by atoms with Crippen molar-refractivity contribution >= 4 is 40.0 Å². The van der Waals surface area contributed by atoms with Gasteiger partial charge in [-0.2, -0.15) is 0 Å². The molecule has 1 rings (SSSR count). The summed E-state index contributed by atoms with van der Waals surface area (Å²) >= 11 is 0. The number of nitrogens with two attached hydrogens (primary N) is 1. The summed E-state index contributed by atoms with van der Waals surface area (Å²) in [5.41, 5.74) is 5.74. The number of unbranched alkanes of at least 4 members (excludes halogenated alkanes) is 5. The van der Waals surface area contributed by atoms with Gasteiger partial charge in [-0.25, -0.2) is 13.1 Å². The van der Waals surface area contributed by atoms with E-state index < -0.39 is 10.0 Å². The van der Waals surface area contributed by atoms with Gasteiger partial charge in [-0.15, -0.1) is 24.0 Å². The smallest absolute Gasteiger partial charge is 0.213 e. The number of halogens is 1. The quantitative estimate of drug-likeness (QED) is 0.166. The molecule has 0 heterocycles. The van der Waals surface area contributed by atoms with E-state index >= 15 is 0 Å². The standard InChI is InChI=1S/C16H34N4O2S.HI/c1-2-3-4-5-6-7-11-18-16(17)19-12-13-23(21,22)20-14-15-9-8-10-15;/h15,20H,2-14H2,1H3,(H3,17,18,19);1H. The van der Waals surface area contributed by atoms with Gasteiger partial charge in [-0.1, -0.05) is 45.4 Å². The van der Waals surface area contributed by atoms with E-state index in [1.165, 1.54) is 38.5 Å². The normalized spacial score (nSPS) is 15.6. The zero-order chi connectivity index (χ0) is 17.0. The van der Waals surface area contributed by atoms with Crippen LogP contribution in [0.25, 0.3) is 0 Å². The Morgan fingerprint density at radius 2 is 1.83 bits per heavy atom. The molecular weight excluding hydrogens is 439 g/mol. The Bertz CT molecular complexity index is 439. The second kappa shape index (κ2) is 14.1. The maximum absolute atomic E-state index is 11.8. The second-order valence-electron chi connectivity index (χ2n) is 6.43. The van der Waals surface area contributed by atoms with Gasteiger partial charge < -0.3 is 11.1 Å². The zero-order valence-corrected chi connectivity index (χ0v) is 18.1. The number of nitrogens with zero attached hydrogens (tertiary/aromatic N) is 1. The lowest BCUT2D eigenvalue weighted by Gasteiger charge is -2.25. The van der Waals surface area contributed by atoms with E-state index in [2.05, 4.69) is 22.0 Å². The molecule has 0 radical (unpaired) electrons. The van der Waals surface area contributed by atoms with Crippen molar-refractivity contribution in [2.45, 2.75) is 64.7 Å². The van der Waals surface area contributed by atoms with Gasteiger partial charge in [0.25, 0.3) is 0 Å². The predicted octanol–water partition coefficient (Wildman–Crippen LogP) is 2.59. The number of nitrogens with one attached hydrogen (secondary N) is 2. The van der Waals surface area contributed by atoms with Crippen molar-refractivity contribution in [3.05, 3.63) is 0 Å². The fourth-order valence-electron chi connectivity index (χ4n) is 2.47. The first-order valence-electron chi connectivity index (χ1n) is 9.04. The van der Waals surface area contributed by atoms with Gasteiger partial charge >= 0.3 is 0 Å². The van der Waals surface area contributed by atoms with Crippen LogP contribution in [0.5, 0.6) is 0 Å². The average Bonchev–Trinajstić information content (AvgIpc) is 2.44. The van der Waals surface area contributed by atoms with E-state index in [9.17, 15) is 8.42 Å². The van der Waals surface area contributed by atoms with Gasteiger partial charge in [-0.05, 0) is 25.2 Å². The minimum absolute atomic E-state index is 0. The molecular formula is C16H35IN4O2S.